The van der Waals surface area contributed by atoms with Gasteiger partial charge in [0.1, 0.15) is 0 Å². The summed E-state index contributed by atoms with van der Waals surface area (Å²) in [6.07, 6.45) is 5.07. The van der Waals surface area contributed by atoms with Crippen molar-refractivity contribution in [2.75, 3.05) is 20.1 Å². The van der Waals surface area contributed by atoms with Gasteiger partial charge in [-0.15, -0.1) is 0 Å². The lowest BCUT2D eigenvalue weighted by Gasteiger charge is -2.31. The van der Waals surface area contributed by atoms with E-state index in [9.17, 15) is 4.79 Å². The van der Waals surface area contributed by atoms with Crippen LogP contribution in [-0.4, -0.2) is 47.8 Å². The Balaban J connectivity index is 2.51. The number of urea groups is 1. The molecule has 1 aliphatic heterocycles. The van der Waals surface area contributed by atoms with Gasteiger partial charge in [-0.3, -0.25) is 5.41 Å². The Kier molecular flexibility index (Phi) is 5.25. The van der Waals surface area contributed by atoms with E-state index >= 15 is 0 Å². The molecule has 1 atom stereocenters. The minimum absolute atomic E-state index is 0.0109. The lowest BCUT2D eigenvalue weighted by Crippen LogP contribution is -2.46. The first-order chi connectivity index (χ1) is 8.02. The second kappa shape index (κ2) is 6.47. The minimum atomic E-state index is -0.0109. The molecule has 0 aliphatic carbocycles. The van der Waals surface area contributed by atoms with Gasteiger partial charge in [-0.25, -0.2) is 4.79 Å². The summed E-state index contributed by atoms with van der Waals surface area (Å²) in [5.41, 5.74) is 5.37. The Morgan fingerprint density at radius 1 is 1.35 bits per heavy atom. The van der Waals surface area contributed by atoms with Crippen molar-refractivity contribution in [3.05, 3.63) is 0 Å². The van der Waals surface area contributed by atoms with Crippen LogP contribution < -0.4 is 5.73 Å². The molecule has 1 unspecified atom stereocenters. The number of nitrogens with two attached hydrogens (primary N) is 1. The SMILES string of the molecule is CC(CC(=N)N)N(C)C(=O)N1CCCCCC1. The van der Waals surface area contributed by atoms with E-state index in [0.717, 1.165) is 25.9 Å². The highest BCUT2D eigenvalue weighted by atomic mass is 16.2. The molecule has 1 aliphatic rings. The smallest absolute Gasteiger partial charge is 0.319 e. The number of hydrogen-bond acceptors (Lipinski definition) is 2. The highest BCUT2D eigenvalue weighted by Gasteiger charge is 2.22. The number of amidine groups is 1. The van der Waals surface area contributed by atoms with Crippen LogP contribution in [0.3, 0.4) is 0 Å². The van der Waals surface area contributed by atoms with E-state index in [2.05, 4.69) is 0 Å². The van der Waals surface area contributed by atoms with E-state index in [4.69, 9.17) is 11.1 Å². The van der Waals surface area contributed by atoms with Crippen molar-refractivity contribution in [3.8, 4) is 0 Å². The molecule has 1 fully saturated rings. The molecule has 0 aromatic carbocycles. The maximum absolute atomic E-state index is 12.2. The molecule has 0 spiro atoms. The van der Waals surface area contributed by atoms with Crippen LogP contribution in [0.2, 0.25) is 0 Å². The molecule has 5 nitrogen and oxygen atoms in total. The van der Waals surface area contributed by atoms with Crippen LogP contribution >= 0.6 is 0 Å². The fourth-order valence-corrected chi connectivity index (χ4v) is 2.13. The Bertz CT molecular complexity index is 272. The standard InChI is InChI=1S/C12H24N4O/c1-10(9-11(13)14)15(2)12(17)16-7-5-3-4-6-8-16/h10H,3-9H2,1-2H3,(H3,13,14). The number of hydrogen-bond donors (Lipinski definition) is 2. The van der Waals surface area contributed by atoms with Crippen molar-refractivity contribution in [1.82, 2.24) is 9.80 Å². The molecule has 17 heavy (non-hydrogen) atoms. The van der Waals surface area contributed by atoms with Crippen molar-refractivity contribution >= 4 is 11.9 Å². The molecule has 5 heteroatoms. The van der Waals surface area contributed by atoms with Crippen molar-refractivity contribution < 1.29 is 4.79 Å². The Morgan fingerprint density at radius 3 is 2.35 bits per heavy atom. The first-order valence-electron chi connectivity index (χ1n) is 6.37. The van der Waals surface area contributed by atoms with Gasteiger partial charge in [0.25, 0.3) is 0 Å². The molecule has 1 saturated heterocycles. The summed E-state index contributed by atoms with van der Waals surface area (Å²) >= 11 is 0. The summed E-state index contributed by atoms with van der Waals surface area (Å²) in [6, 6.07) is 0.0592. The molecular formula is C12H24N4O. The normalized spacial score (nSPS) is 18.4. The number of carbonyl (C=O) groups excluding carboxylic acids is 1. The zero-order valence-corrected chi connectivity index (χ0v) is 10.9. The highest BCUT2D eigenvalue weighted by molar-refractivity contribution is 5.79. The first kappa shape index (κ1) is 13.8. The van der Waals surface area contributed by atoms with E-state index in [0.29, 0.717) is 6.42 Å². The summed E-state index contributed by atoms with van der Waals surface area (Å²) in [4.78, 5) is 15.8. The van der Waals surface area contributed by atoms with Crippen LogP contribution in [0.4, 0.5) is 4.79 Å². The van der Waals surface area contributed by atoms with Gasteiger partial charge in [0, 0.05) is 32.6 Å². The van der Waals surface area contributed by atoms with Crippen LogP contribution in [0.25, 0.3) is 0 Å². The molecule has 3 N–H and O–H groups in total. The third-order valence-corrected chi connectivity index (χ3v) is 3.35. The zero-order valence-electron chi connectivity index (χ0n) is 10.9. The third kappa shape index (κ3) is 4.24. The van der Waals surface area contributed by atoms with Crippen LogP contribution in [-0.2, 0) is 0 Å². The molecule has 98 valence electrons. The monoisotopic (exact) mass is 240 g/mol. The molecule has 0 bridgehead atoms. The van der Waals surface area contributed by atoms with E-state index in [1.807, 2.05) is 11.8 Å². The van der Waals surface area contributed by atoms with Gasteiger partial charge in [-0.2, -0.15) is 0 Å². The maximum Gasteiger partial charge on any atom is 0.319 e. The molecule has 1 heterocycles. The van der Waals surface area contributed by atoms with Crippen LogP contribution in [0.15, 0.2) is 0 Å². The number of nitrogens with one attached hydrogen (secondary N) is 1. The number of amides is 2. The van der Waals surface area contributed by atoms with Crippen molar-refractivity contribution in [1.29, 1.82) is 5.41 Å². The second-order valence-electron chi connectivity index (χ2n) is 4.87. The summed E-state index contributed by atoms with van der Waals surface area (Å²) in [6.45, 7) is 3.64. The molecular weight excluding hydrogens is 216 g/mol. The predicted octanol–water partition coefficient (Wildman–Crippen LogP) is 1.63. The maximum atomic E-state index is 12.2. The number of nitrogens with zero attached hydrogens (tertiary/aromatic N) is 2. The zero-order chi connectivity index (χ0) is 12.8. The van der Waals surface area contributed by atoms with Gasteiger partial charge in [0.05, 0.1) is 5.84 Å². The van der Waals surface area contributed by atoms with Crippen LogP contribution in [0.5, 0.6) is 0 Å². The quantitative estimate of drug-likeness (QED) is 0.581. The number of likely N-dealkylation sites (tertiary alicyclic amines) is 1. The molecule has 2 amide bonds. The predicted molar refractivity (Wildman–Crippen MR) is 69.2 cm³/mol. The lowest BCUT2D eigenvalue weighted by atomic mass is 10.2. The van der Waals surface area contributed by atoms with Crippen LogP contribution in [0, 0.1) is 5.41 Å². The minimum Gasteiger partial charge on any atom is -0.388 e. The largest absolute Gasteiger partial charge is 0.388 e. The van der Waals surface area contributed by atoms with E-state index in [-0.39, 0.29) is 17.9 Å². The highest BCUT2D eigenvalue weighted by Crippen LogP contribution is 2.13. The Labute approximate surface area is 103 Å². The van der Waals surface area contributed by atoms with Gasteiger partial charge >= 0.3 is 6.03 Å². The van der Waals surface area contributed by atoms with Gasteiger partial charge < -0.3 is 15.5 Å². The first-order valence-corrected chi connectivity index (χ1v) is 6.37. The number of rotatable bonds is 3. The molecule has 0 saturated carbocycles. The van der Waals surface area contributed by atoms with E-state index in [1.54, 1.807) is 11.9 Å². The Morgan fingerprint density at radius 2 is 1.88 bits per heavy atom. The van der Waals surface area contributed by atoms with Crippen LogP contribution in [0.1, 0.15) is 39.0 Å². The summed E-state index contributed by atoms with van der Waals surface area (Å²) in [7, 11) is 1.79. The number of carbonyl (C=O) groups is 1. The molecule has 1 rings (SSSR count). The second-order valence-corrected chi connectivity index (χ2v) is 4.87. The summed E-state index contributed by atoms with van der Waals surface area (Å²) < 4.78 is 0. The molecule has 0 aromatic heterocycles. The third-order valence-electron chi connectivity index (χ3n) is 3.35. The van der Waals surface area contributed by atoms with Gasteiger partial charge in [0.2, 0.25) is 0 Å². The Hall–Kier alpha value is -1.26. The topological polar surface area (TPSA) is 73.4 Å². The molecule has 0 radical (unpaired) electrons. The van der Waals surface area contributed by atoms with E-state index in [1.165, 1.54) is 12.8 Å². The average Bonchev–Trinajstić information content (AvgIpc) is 2.54. The lowest BCUT2D eigenvalue weighted by molar-refractivity contribution is 0.152. The van der Waals surface area contributed by atoms with Crippen molar-refractivity contribution in [2.45, 2.75) is 45.1 Å². The van der Waals surface area contributed by atoms with Crippen molar-refractivity contribution in [3.63, 3.8) is 0 Å². The van der Waals surface area contributed by atoms with Gasteiger partial charge in [-0.05, 0) is 19.8 Å². The van der Waals surface area contributed by atoms with E-state index < -0.39 is 0 Å². The van der Waals surface area contributed by atoms with Gasteiger partial charge in [0.15, 0.2) is 0 Å². The molecule has 0 aromatic rings. The summed E-state index contributed by atoms with van der Waals surface area (Å²) in [5, 5.41) is 7.26. The summed E-state index contributed by atoms with van der Waals surface area (Å²) in [5.74, 6) is 0.132. The fraction of sp³-hybridized carbons (Fsp3) is 0.833. The average molecular weight is 240 g/mol. The van der Waals surface area contributed by atoms with Gasteiger partial charge in [-0.1, -0.05) is 12.8 Å². The fourth-order valence-electron chi connectivity index (χ4n) is 2.13. The van der Waals surface area contributed by atoms with Crippen molar-refractivity contribution in [2.24, 2.45) is 5.73 Å².